The number of carbonyl (C=O) groups is 1. The van der Waals surface area contributed by atoms with E-state index < -0.39 is 6.04 Å². The first-order chi connectivity index (χ1) is 9.58. The molecular weight excluding hydrogens is 325 g/mol. The van der Waals surface area contributed by atoms with Gasteiger partial charge in [-0.15, -0.1) is 35.0 Å². The number of carbonyl (C=O) groups excluding carboxylic acids is 1. The fraction of sp³-hybridized carbons (Fsp3) is 0.357. The molecule has 1 aromatic carbocycles. The topological polar surface area (TPSA) is 85.8 Å². The van der Waals surface area contributed by atoms with Gasteiger partial charge in [0.05, 0.1) is 12.1 Å². The summed E-state index contributed by atoms with van der Waals surface area (Å²) in [6.07, 6.45) is 2.11. The Balaban J connectivity index is 0.00000220. The second kappa shape index (κ2) is 9.40. The SMILES string of the molecule is CC(NC(=O)[C@@H](N)Cc1ccccc1)c1nncn1C.Cl.Cl. The minimum atomic E-state index is -0.576. The number of amides is 1. The third kappa shape index (κ3) is 5.29. The highest BCUT2D eigenvalue weighted by molar-refractivity contribution is 5.85. The van der Waals surface area contributed by atoms with Gasteiger partial charge in [0.2, 0.25) is 5.91 Å². The molecule has 1 amide bonds. The van der Waals surface area contributed by atoms with Crippen LogP contribution < -0.4 is 11.1 Å². The van der Waals surface area contributed by atoms with Gasteiger partial charge in [0.1, 0.15) is 6.33 Å². The second-order valence-electron chi connectivity index (χ2n) is 4.83. The maximum atomic E-state index is 12.1. The molecule has 0 aliphatic heterocycles. The van der Waals surface area contributed by atoms with Crippen molar-refractivity contribution in [1.82, 2.24) is 20.1 Å². The van der Waals surface area contributed by atoms with Crippen LogP contribution in [0.5, 0.6) is 0 Å². The summed E-state index contributed by atoms with van der Waals surface area (Å²) < 4.78 is 1.77. The lowest BCUT2D eigenvalue weighted by Crippen LogP contribution is -2.43. The Morgan fingerprint density at radius 1 is 1.32 bits per heavy atom. The zero-order valence-electron chi connectivity index (χ0n) is 12.5. The molecule has 6 nitrogen and oxygen atoms in total. The smallest absolute Gasteiger partial charge is 0.237 e. The second-order valence-corrected chi connectivity index (χ2v) is 4.83. The lowest BCUT2D eigenvalue weighted by molar-refractivity contribution is -0.123. The van der Waals surface area contributed by atoms with Crippen molar-refractivity contribution in [3.63, 3.8) is 0 Å². The molecule has 8 heteroatoms. The first kappa shape index (κ1) is 20.4. The van der Waals surface area contributed by atoms with E-state index in [-0.39, 0.29) is 36.8 Å². The van der Waals surface area contributed by atoms with Gasteiger partial charge in [-0.25, -0.2) is 0 Å². The van der Waals surface area contributed by atoms with Crippen molar-refractivity contribution in [2.24, 2.45) is 12.8 Å². The summed E-state index contributed by atoms with van der Waals surface area (Å²) in [7, 11) is 1.84. The number of rotatable bonds is 5. The fourth-order valence-corrected chi connectivity index (χ4v) is 2.03. The first-order valence-corrected chi connectivity index (χ1v) is 6.51. The number of nitrogens with one attached hydrogen (secondary N) is 1. The monoisotopic (exact) mass is 345 g/mol. The van der Waals surface area contributed by atoms with Crippen LogP contribution in [-0.4, -0.2) is 26.7 Å². The Morgan fingerprint density at radius 3 is 2.50 bits per heavy atom. The Labute approximate surface area is 142 Å². The van der Waals surface area contributed by atoms with Crippen molar-refractivity contribution in [2.45, 2.75) is 25.4 Å². The van der Waals surface area contributed by atoms with Crippen molar-refractivity contribution in [3.8, 4) is 0 Å². The van der Waals surface area contributed by atoms with Crippen LogP contribution in [0, 0.1) is 0 Å². The normalized spacial score (nSPS) is 12.5. The third-order valence-corrected chi connectivity index (χ3v) is 3.13. The Kier molecular flexibility index (Phi) is 8.70. The molecule has 0 saturated heterocycles. The molecule has 0 saturated carbocycles. The number of hydrogen-bond donors (Lipinski definition) is 2. The van der Waals surface area contributed by atoms with E-state index in [0.717, 1.165) is 5.56 Å². The maximum Gasteiger partial charge on any atom is 0.237 e. The van der Waals surface area contributed by atoms with E-state index in [0.29, 0.717) is 12.2 Å². The molecule has 2 aromatic rings. The van der Waals surface area contributed by atoms with Gasteiger partial charge in [0, 0.05) is 7.05 Å². The van der Waals surface area contributed by atoms with Crippen LogP contribution in [0.1, 0.15) is 24.4 Å². The first-order valence-electron chi connectivity index (χ1n) is 6.51. The Hall–Kier alpha value is -1.63. The number of aromatic nitrogens is 3. The average molecular weight is 346 g/mol. The highest BCUT2D eigenvalue weighted by Gasteiger charge is 2.19. The van der Waals surface area contributed by atoms with Gasteiger partial charge >= 0.3 is 0 Å². The van der Waals surface area contributed by atoms with E-state index in [2.05, 4.69) is 15.5 Å². The standard InChI is InChI=1S/C14H19N5O.2ClH/c1-10(13-18-16-9-19(13)2)17-14(20)12(15)8-11-6-4-3-5-7-11;;/h3-7,9-10,12H,8,15H2,1-2H3,(H,17,20);2*1H/t10?,12-;;/m0../s1. The van der Waals surface area contributed by atoms with E-state index in [9.17, 15) is 4.79 Å². The zero-order valence-corrected chi connectivity index (χ0v) is 14.1. The van der Waals surface area contributed by atoms with E-state index >= 15 is 0 Å². The predicted octanol–water partition coefficient (Wildman–Crippen LogP) is 1.41. The van der Waals surface area contributed by atoms with Gasteiger partial charge in [-0.05, 0) is 18.9 Å². The summed E-state index contributed by atoms with van der Waals surface area (Å²) in [5, 5.41) is 10.6. The maximum absolute atomic E-state index is 12.1. The number of halogens is 2. The molecule has 0 aliphatic carbocycles. The predicted molar refractivity (Wildman–Crippen MR) is 90.2 cm³/mol. The summed E-state index contributed by atoms with van der Waals surface area (Å²) in [6, 6.07) is 8.92. The number of aryl methyl sites for hydroxylation is 1. The van der Waals surface area contributed by atoms with Gasteiger partial charge in [-0.1, -0.05) is 30.3 Å². The van der Waals surface area contributed by atoms with Crippen molar-refractivity contribution >= 4 is 30.7 Å². The van der Waals surface area contributed by atoms with E-state index in [4.69, 9.17) is 5.73 Å². The fourth-order valence-electron chi connectivity index (χ4n) is 2.03. The number of hydrogen-bond acceptors (Lipinski definition) is 4. The molecule has 22 heavy (non-hydrogen) atoms. The van der Waals surface area contributed by atoms with Crippen LogP contribution in [0.4, 0.5) is 0 Å². The van der Waals surface area contributed by atoms with Gasteiger partial charge < -0.3 is 15.6 Å². The molecule has 2 rings (SSSR count). The quantitative estimate of drug-likeness (QED) is 0.857. The third-order valence-electron chi connectivity index (χ3n) is 3.13. The largest absolute Gasteiger partial charge is 0.345 e. The summed E-state index contributed by atoms with van der Waals surface area (Å²) in [5.74, 6) is 0.509. The highest BCUT2D eigenvalue weighted by atomic mass is 35.5. The Morgan fingerprint density at radius 2 is 1.95 bits per heavy atom. The molecule has 0 aliphatic rings. The van der Waals surface area contributed by atoms with E-state index in [1.54, 1.807) is 10.9 Å². The molecular formula is C14H21Cl2N5O. The van der Waals surface area contributed by atoms with Crippen LogP contribution >= 0.6 is 24.8 Å². The summed E-state index contributed by atoms with van der Waals surface area (Å²) in [6.45, 7) is 1.86. The summed E-state index contributed by atoms with van der Waals surface area (Å²) in [4.78, 5) is 12.1. The van der Waals surface area contributed by atoms with Crippen LogP contribution in [0.2, 0.25) is 0 Å². The molecule has 1 aromatic heterocycles. The van der Waals surface area contributed by atoms with Crippen LogP contribution in [0.3, 0.4) is 0 Å². The van der Waals surface area contributed by atoms with Gasteiger partial charge in [-0.3, -0.25) is 4.79 Å². The molecule has 2 atom stereocenters. The number of benzene rings is 1. The van der Waals surface area contributed by atoms with Gasteiger partial charge in [0.25, 0.3) is 0 Å². The zero-order chi connectivity index (χ0) is 14.5. The molecule has 3 N–H and O–H groups in total. The van der Waals surface area contributed by atoms with Crippen LogP contribution in [0.15, 0.2) is 36.7 Å². The lowest BCUT2D eigenvalue weighted by Gasteiger charge is -2.17. The lowest BCUT2D eigenvalue weighted by atomic mass is 10.1. The molecule has 0 bridgehead atoms. The van der Waals surface area contributed by atoms with Crippen molar-refractivity contribution in [3.05, 3.63) is 48.0 Å². The minimum absolute atomic E-state index is 0. The van der Waals surface area contributed by atoms with Crippen molar-refractivity contribution in [1.29, 1.82) is 0 Å². The van der Waals surface area contributed by atoms with E-state index in [1.807, 2.05) is 44.3 Å². The highest BCUT2D eigenvalue weighted by Crippen LogP contribution is 2.08. The summed E-state index contributed by atoms with van der Waals surface area (Å²) >= 11 is 0. The molecule has 122 valence electrons. The van der Waals surface area contributed by atoms with Crippen molar-refractivity contribution < 1.29 is 4.79 Å². The summed E-state index contributed by atoms with van der Waals surface area (Å²) in [5.41, 5.74) is 6.98. The van der Waals surface area contributed by atoms with E-state index in [1.165, 1.54) is 0 Å². The number of nitrogens with zero attached hydrogens (tertiary/aromatic N) is 3. The molecule has 1 heterocycles. The molecule has 1 unspecified atom stereocenters. The molecule has 0 radical (unpaired) electrons. The van der Waals surface area contributed by atoms with Crippen LogP contribution in [0.25, 0.3) is 0 Å². The van der Waals surface area contributed by atoms with Crippen molar-refractivity contribution in [2.75, 3.05) is 0 Å². The average Bonchev–Trinajstić information content (AvgIpc) is 2.86. The molecule has 0 spiro atoms. The van der Waals surface area contributed by atoms with Crippen LogP contribution in [-0.2, 0) is 18.3 Å². The Bertz CT molecular complexity index is 576. The molecule has 0 fully saturated rings. The van der Waals surface area contributed by atoms with Gasteiger partial charge in [-0.2, -0.15) is 0 Å². The minimum Gasteiger partial charge on any atom is -0.345 e. The number of nitrogens with two attached hydrogens (primary N) is 1. The van der Waals surface area contributed by atoms with Gasteiger partial charge in [0.15, 0.2) is 5.82 Å².